The van der Waals surface area contributed by atoms with Crippen LogP contribution in [0.5, 0.6) is 0 Å². The Morgan fingerprint density at radius 3 is 1.88 bits per heavy atom. The van der Waals surface area contributed by atoms with Crippen LogP contribution in [0.4, 0.5) is 0 Å². The minimum atomic E-state index is -4.27. The summed E-state index contributed by atoms with van der Waals surface area (Å²) in [5, 5.41) is 0. The Kier molecular flexibility index (Phi) is 14.1. The van der Waals surface area contributed by atoms with Crippen molar-refractivity contribution in [1.29, 1.82) is 0 Å². The molecule has 0 radical (unpaired) electrons. The Morgan fingerprint density at radius 2 is 1.35 bits per heavy atom. The van der Waals surface area contributed by atoms with Crippen LogP contribution in [0.25, 0.3) is 0 Å². The number of hydrogen-bond acceptors (Lipinski definition) is 3. The summed E-state index contributed by atoms with van der Waals surface area (Å²) in [6.07, 6.45) is 18.6. The minimum Gasteiger partial charge on any atom is -0.744 e. The fourth-order valence-electron chi connectivity index (χ4n) is 3.25. The first-order valence-electron chi connectivity index (χ1n) is 12.0. The van der Waals surface area contributed by atoms with Gasteiger partial charge in [0.05, 0.1) is 4.90 Å². The smallest absolute Gasteiger partial charge is 0.168 e. The quantitative estimate of drug-likeness (QED) is 0.149. The topological polar surface area (TPSA) is 61.1 Å². The van der Waals surface area contributed by atoms with Gasteiger partial charge in [0.1, 0.15) is 16.7 Å². The van der Waals surface area contributed by atoms with Crippen LogP contribution in [-0.2, 0) is 16.7 Å². The number of pyridine rings is 1. The van der Waals surface area contributed by atoms with Gasteiger partial charge in [-0.25, -0.2) is 13.0 Å². The molecule has 0 atom stereocenters. The number of nitrogens with zero attached hydrogens (tertiary/aromatic N) is 1. The van der Waals surface area contributed by atoms with Gasteiger partial charge in [0, 0.05) is 18.6 Å². The number of allylic oxidation sites excluding steroid dienone is 6. The highest BCUT2D eigenvalue weighted by atomic mass is 32.2. The summed E-state index contributed by atoms with van der Waals surface area (Å²) in [5.74, 6) is 0. The van der Waals surface area contributed by atoms with Crippen molar-refractivity contribution in [3.63, 3.8) is 0 Å². The SMILES string of the molecule is CC(C)=CCC/C(C)=C/CCC(C)=CCCC[n+]1ccccc1.Cc1ccc(S(=O)(=O)[O-])cc1. The van der Waals surface area contributed by atoms with Gasteiger partial charge in [-0.3, -0.25) is 0 Å². The molecule has 4 nitrogen and oxygen atoms in total. The predicted molar refractivity (Wildman–Crippen MR) is 140 cm³/mol. The van der Waals surface area contributed by atoms with Gasteiger partial charge in [-0.1, -0.05) is 58.7 Å². The van der Waals surface area contributed by atoms with Crippen molar-refractivity contribution < 1.29 is 17.5 Å². The maximum absolute atomic E-state index is 10.4. The van der Waals surface area contributed by atoms with Crippen molar-refractivity contribution in [2.45, 2.75) is 84.6 Å². The zero-order chi connectivity index (χ0) is 25.4. The summed E-state index contributed by atoms with van der Waals surface area (Å²) in [6.45, 7) is 11.8. The van der Waals surface area contributed by atoms with Gasteiger partial charge < -0.3 is 4.55 Å². The fourth-order valence-corrected chi connectivity index (χ4v) is 3.72. The molecule has 0 amide bonds. The van der Waals surface area contributed by atoms with Crippen LogP contribution in [0.1, 0.15) is 71.8 Å². The van der Waals surface area contributed by atoms with Crippen LogP contribution in [0.3, 0.4) is 0 Å². The number of unbranched alkanes of at least 4 members (excludes halogenated alkanes) is 1. The Morgan fingerprint density at radius 1 is 0.824 bits per heavy atom. The lowest BCUT2D eigenvalue weighted by atomic mass is 10.1. The number of aryl methyl sites for hydroxylation is 2. The molecule has 0 N–H and O–H groups in total. The molecule has 1 aromatic carbocycles. The molecule has 0 saturated heterocycles. The van der Waals surface area contributed by atoms with Gasteiger partial charge in [0.15, 0.2) is 12.4 Å². The predicted octanol–water partition coefficient (Wildman–Crippen LogP) is 7.07. The van der Waals surface area contributed by atoms with E-state index < -0.39 is 10.1 Å². The van der Waals surface area contributed by atoms with E-state index in [-0.39, 0.29) is 4.90 Å². The average molecular weight is 484 g/mol. The molecule has 2 rings (SSSR count). The lowest BCUT2D eigenvalue weighted by Gasteiger charge is -2.05. The van der Waals surface area contributed by atoms with Crippen molar-refractivity contribution in [3.8, 4) is 0 Å². The number of aromatic nitrogens is 1. The molecule has 2 aromatic rings. The van der Waals surface area contributed by atoms with Crippen molar-refractivity contribution in [2.75, 3.05) is 0 Å². The molecule has 0 aliphatic heterocycles. The third kappa shape index (κ3) is 14.6. The third-order valence-corrected chi connectivity index (χ3v) is 6.17. The van der Waals surface area contributed by atoms with Gasteiger partial charge in [-0.15, -0.1) is 0 Å². The van der Waals surface area contributed by atoms with Gasteiger partial charge >= 0.3 is 0 Å². The van der Waals surface area contributed by atoms with Gasteiger partial charge in [-0.05, 0) is 78.9 Å². The van der Waals surface area contributed by atoms with E-state index in [1.807, 2.05) is 6.92 Å². The number of hydrogen-bond donors (Lipinski definition) is 0. The van der Waals surface area contributed by atoms with Crippen LogP contribution in [0.15, 0.2) is 94.7 Å². The Labute approximate surface area is 207 Å². The summed E-state index contributed by atoms with van der Waals surface area (Å²) in [6, 6.07) is 12.0. The molecular formula is C29H41NO3S. The molecule has 0 saturated carbocycles. The van der Waals surface area contributed by atoms with E-state index in [2.05, 4.69) is 81.1 Å². The third-order valence-electron chi connectivity index (χ3n) is 5.32. The standard InChI is InChI=1S/C22H34N.C7H8O3S/c1-20(2)12-10-14-22(4)16-11-15-21(3)13-6-9-19-23-17-7-5-8-18-23;1-6-2-4-7(5-3-6)11(8,9)10/h5,7-8,12-13,16-18H,6,9-11,14-15,19H2,1-4H3;2-5H,1H3,(H,8,9,10)/q+1;/p-1/b21-13?,22-16+;. The van der Waals surface area contributed by atoms with E-state index in [1.165, 1.54) is 67.4 Å². The maximum Gasteiger partial charge on any atom is 0.168 e. The highest BCUT2D eigenvalue weighted by molar-refractivity contribution is 7.85. The van der Waals surface area contributed by atoms with Gasteiger partial charge in [0.25, 0.3) is 0 Å². The molecule has 0 aliphatic rings. The first-order valence-corrected chi connectivity index (χ1v) is 13.4. The normalized spacial score (nSPS) is 12.1. The minimum absolute atomic E-state index is 0.178. The van der Waals surface area contributed by atoms with E-state index in [0.717, 1.165) is 12.1 Å². The zero-order valence-corrected chi connectivity index (χ0v) is 22.3. The maximum atomic E-state index is 10.4. The van der Waals surface area contributed by atoms with E-state index in [9.17, 15) is 13.0 Å². The largest absolute Gasteiger partial charge is 0.744 e. The highest BCUT2D eigenvalue weighted by Gasteiger charge is 1.98. The summed E-state index contributed by atoms with van der Waals surface area (Å²) in [4.78, 5) is -0.178. The van der Waals surface area contributed by atoms with Crippen LogP contribution in [0.2, 0.25) is 0 Å². The second-order valence-electron chi connectivity index (χ2n) is 8.98. The molecule has 186 valence electrons. The Hall–Kier alpha value is -2.50. The second-order valence-corrected chi connectivity index (χ2v) is 10.4. The first kappa shape index (κ1) is 29.5. The number of benzene rings is 1. The molecule has 1 heterocycles. The lowest BCUT2D eigenvalue weighted by Crippen LogP contribution is -2.31. The van der Waals surface area contributed by atoms with Crippen LogP contribution in [0, 0.1) is 6.92 Å². The average Bonchev–Trinajstić information content (AvgIpc) is 2.77. The summed E-state index contributed by atoms with van der Waals surface area (Å²) in [7, 11) is -4.27. The molecule has 0 fully saturated rings. The molecule has 0 spiro atoms. The summed E-state index contributed by atoms with van der Waals surface area (Å²) < 4.78 is 33.4. The monoisotopic (exact) mass is 483 g/mol. The highest BCUT2D eigenvalue weighted by Crippen LogP contribution is 2.12. The zero-order valence-electron chi connectivity index (χ0n) is 21.5. The summed E-state index contributed by atoms with van der Waals surface area (Å²) in [5.41, 5.74) is 5.40. The lowest BCUT2D eigenvalue weighted by molar-refractivity contribution is -0.697. The van der Waals surface area contributed by atoms with E-state index in [0.29, 0.717) is 0 Å². The molecule has 1 aromatic heterocycles. The van der Waals surface area contributed by atoms with Crippen LogP contribution in [-0.4, -0.2) is 13.0 Å². The van der Waals surface area contributed by atoms with Crippen LogP contribution >= 0.6 is 0 Å². The first-order chi connectivity index (χ1) is 16.1. The fraction of sp³-hybridized carbons (Fsp3) is 0.414. The molecule has 0 aliphatic carbocycles. The van der Waals surface area contributed by atoms with Crippen molar-refractivity contribution in [1.82, 2.24) is 0 Å². The van der Waals surface area contributed by atoms with E-state index in [4.69, 9.17) is 0 Å². The Balaban J connectivity index is 0.000000437. The van der Waals surface area contributed by atoms with Crippen molar-refractivity contribution >= 4 is 10.1 Å². The second kappa shape index (κ2) is 16.2. The molecule has 0 bridgehead atoms. The van der Waals surface area contributed by atoms with Gasteiger partial charge in [-0.2, -0.15) is 0 Å². The summed E-state index contributed by atoms with van der Waals surface area (Å²) >= 11 is 0. The molecule has 5 heteroatoms. The van der Waals surface area contributed by atoms with Gasteiger partial charge in [0.2, 0.25) is 0 Å². The van der Waals surface area contributed by atoms with Crippen LogP contribution < -0.4 is 4.57 Å². The molecule has 0 unspecified atom stereocenters. The molecular weight excluding hydrogens is 442 g/mol. The molecule has 34 heavy (non-hydrogen) atoms. The van der Waals surface area contributed by atoms with Crippen molar-refractivity contribution in [3.05, 3.63) is 95.4 Å². The Bertz CT molecular complexity index is 1030. The number of rotatable bonds is 11. The van der Waals surface area contributed by atoms with E-state index >= 15 is 0 Å². The van der Waals surface area contributed by atoms with Crippen molar-refractivity contribution in [2.24, 2.45) is 0 Å². The van der Waals surface area contributed by atoms with E-state index in [1.54, 1.807) is 12.1 Å².